The van der Waals surface area contributed by atoms with Crippen molar-refractivity contribution in [1.82, 2.24) is 10.2 Å². The molecule has 1 N–H and O–H groups in total. The SMILES string of the molecule is N#Cc1ccc(CSc2nnc(NC(=O)c3cc4cccc(Br)c4o3)s2)cc1. The highest BCUT2D eigenvalue weighted by atomic mass is 79.9. The number of rotatable bonds is 5. The highest BCUT2D eigenvalue weighted by molar-refractivity contribution is 9.10. The molecule has 0 aliphatic rings. The predicted octanol–water partition coefficient (Wildman–Crippen LogP) is 5.46. The number of hydrogen-bond acceptors (Lipinski definition) is 7. The Morgan fingerprint density at radius 3 is 2.82 bits per heavy atom. The number of amides is 1. The van der Waals surface area contributed by atoms with Gasteiger partial charge in [0.2, 0.25) is 5.13 Å². The number of nitrogens with zero attached hydrogens (tertiary/aromatic N) is 3. The molecule has 6 nitrogen and oxygen atoms in total. The molecule has 4 aromatic rings. The molecule has 1 amide bonds. The van der Waals surface area contributed by atoms with Crippen molar-refractivity contribution in [2.45, 2.75) is 10.1 Å². The highest BCUT2D eigenvalue weighted by Gasteiger charge is 2.16. The van der Waals surface area contributed by atoms with E-state index in [-0.39, 0.29) is 11.7 Å². The number of nitrogens with one attached hydrogen (secondary N) is 1. The van der Waals surface area contributed by atoms with Crippen LogP contribution in [0.25, 0.3) is 11.0 Å². The van der Waals surface area contributed by atoms with Crippen LogP contribution in [0.5, 0.6) is 0 Å². The molecule has 0 spiro atoms. The van der Waals surface area contributed by atoms with Gasteiger partial charge in [0.1, 0.15) is 5.58 Å². The van der Waals surface area contributed by atoms with Gasteiger partial charge in [0.05, 0.1) is 16.1 Å². The molecule has 0 saturated heterocycles. The summed E-state index contributed by atoms with van der Waals surface area (Å²) in [5.41, 5.74) is 2.34. The maximum atomic E-state index is 12.4. The van der Waals surface area contributed by atoms with E-state index in [0.717, 1.165) is 19.8 Å². The number of carbonyl (C=O) groups is 1. The van der Waals surface area contributed by atoms with Crippen LogP contribution < -0.4 is 5.32 Å². The lowest BCUT2D eigenvalue weighted by Gasteiger charge is -1.98. The Bertz CT molecular complexity index is 1190. The van der Waals surface area contributed by atoms with Gasteiger partial charge in [-0.05, 0) is 45.8 Å². The predicted molar refractivity (Wildman–Crippen MR) is 112 cm³/mol. The lowest BCUT2D eigenvalue weighted by atomic mass is 10.2. The number of halogens is 1. The number of para-hydroxylation sites is 1. The summed E-state index contributed by atoms with van der Waals surface area (Å²) in [6.07, 6.45) is 0. The van der Waals surface area contributed by atoms with Gasteiger partial charge < -0.3 is 4.42 Å². The minimum atomic E-state index is -0.372. The van der Waals surface area contributed by atoms with Crippen LogP contribution in [-0.2, 0) is 5.75 Å². The Kier molecular flexibility index (Phi) is 5.43. The van der Waals surface area contributed by atoms with E-state index in [1.165, 1.54) is 23.1 Å². The molecule has 0 atom stereocenters. The third kappa shape index (κ3) is 4.09. The zero-order valence-corrected chi connectivity index (χ0v) is 17.4. The van der Waals surface area contributed by atoms with Crippen molar-refractivity contribution >= 4 is 61.0 Å². The average molecular weight is 471 g/mol. The molecule has 0 radical (unpaired) electrons. The van der Waals surface area contributed by atoms with Gasteiger partial charge in [0.15, 0.2) is 10.1 Å². The number of anilines is 1. The Balaban J connectivity index is 1.40. The average Bonchev–Trinajstić information content (AvgIpc) is 3.34. The number of fused-ring (bicyclic) bond motifs is 1. The maximum Gasteiger partial charge on any atom is 0.293 e. The number of thioether (sulfide) groups is 1. The van der Waals surface area contributed by atoms with Gasteiger partial charge >= 0.3 is 0 Å². The molecule has 0 fully saturated rings. The molecule has 4 rings (SSSR count). The lowest BCUT2D eigenvalue weighted by molar-refractivity contribution is 0.0998. The Hall–Kier alpha value is -2.67. The van der Waals surface area contributed by atoms with Crippen LogP contribution in [0.15, 0.2) is 61.8 Å². The van der Waals surface area contributed by atoms with Gasteiger partial charge in [-0.15, -0.1) is 10.2 Å². The molecule has 138 valence electrons. The Morgan fingerprint density at radius 1 is 1.25 bits per heavy atom. The van der Waals surface area contributed by atoms with E-state index >= 15 is 0 Å². The van der Waals surface area contributed by atoms with Gasteiger partial charge in [0, 0.05) is 11.1 Å². The second-order valence-corrected chi connectivity index (χ2v) is 8.75. The van der Waals surface area contributed by atoms with Crippen LogP contribution in [0, 0.1) is 11.3 Å². The van der Waals surface area contributed by atoms with Crippen LogP contribution >= 0.6 is 39.0 Å². The van der Waals surface area contributed by atoms with Crippen molar-refractivity contribution in [3.05, 3.63) is 69.9 Å². The molecule has 0 unspecified atom stereocenters. The van der Waals surface area contributed by atoms with E-state index in [0.29, 0.717) is 22.0 Å². The zero-order chi connectivity index (χ0) is 19.5. The van der Waals surface area contributed by atoms with E-state index in [1.807, 2.05) is 30.3 Å². The number of hydrogen-bond donors (Lipinski definition) is 1. The van der Waals surface area contributed by atoms with Crippen molar-refractivity contribution < 1.29 is 9.21 Å². The Labute approximate surface area is 176 Å². The third-order valence-electron chi connectivity index (χ3n) is 3.79. The summed E-state index contributed by atoms with van der Waals surface area (Å²) in [5, 5.41) is 20.9. The van der Waals surface area contributed by atoms with E-state index in [2.05, 4.69) is 37.5 Å². The van der Waals surface area contributed by atoms with Crippen molar-refractivity contribution in [1.29, 1.82) is 5.26 Å². The first-order chi connectivity index (χ1) is 13.6. The normalized spacial score (nSPS) is 10.7. The first-order valence-corrected chi connectivity index (χ1v) is 10.7. The van der Waals surface area contributed by atoms with Gasteiger partial charge in [0.25, 0.3) is 5.91 Å². The smallest absolute Gasteiger partial charge is 0.293 e. The number of nitriles is 1. The molecular weight excluding hydrogens is 460 g/mol. The monoisotopic (exact) mass is 470 g/mol. The largest absolute Gasteiger partial charge is 0.450 e. The quantitative estimate of drug-likeness (QED) is 0.307. The molecule has 0 saturated carbocycles. The topological polar surface area (TPSA) is 91.8 Å². The third-order valence-corrected chi connectivity index (χ3v) is 6.46. The molecule has 9 heteroatoms. The van der Waals surface area contributed by atoms with Crippen LogP contribution in [0.3, 0.4) is 0 Å². The molecule has 0 bridgehead atoms. The number of aromatic nitrogens is 2. The number of furan rings is 1. The van der Waals surface area contributed by atoms with Gasteiger partial charge in [-0.25, -0.2) is 0 Å². The summed E-state index contributed by atoms with van der Waals surface area (Å²) in [7, 11) is 0. The summed E-state index contributed by atoms with van der Waals surface area (Å²) in [5.74, 6) is 0.540. The molecule has 2 aromatic heterocycles. The van der Waals surface area contributed by atoms with Gasteiger partial charge in [-0.3, -0.25) is 10.1 Å². The molecule has 28 heavy (non-hydrogen) atoms. The first-order valence-electron chi connectivity index (χ1n) is 8.07. The van der Waals surface area contributed by atoms with E-state index in [4.69, 9.17) is 9.68 Å². The summed E-state index contributed by atoms with van der Waals surface area (Å²) in [4.78, 5) is 12.4. The second kappa shape index (κ2) is 8.14. The standard InChI is InChI=1S/C19H11BrN4O2S2/c20-14-3-1-2-13-8-15(26-16(13)14)17(25)22-18-23-24-19(28-18)27-10-12-6-4-11(9-21)5-7-12/h1-8H,10H2,(H,22,23,25). The summed E-state index contributed by atoms with van der Waals surface area (Å²) in [6.45, 7) is 0. The minimum Gasteiger partial charge on any atom is -0.450 e. The van der Waals surface area contributed by atoms with Crippen molar-refractivity contribution in [3.8, 4) is 6.07 Å². The van der Waals surface area contributed by atoms with Crippen LogP contribution in [0.1, 0.15) is 21.7 Å². The molecule has 0 aliphatic heterocycles. The minimum absolute atomic E-state index is 0.212. The van der Waals surface area contributed by atoms with E-state index in [1.54, 1.807) is 18.2 Å². The fraction of sp³-hybridized carbons (Fsp3) is 0.0526. The summed E-state index contributed by atoms with van der Waals surface area (Å²) >= 11 is 6.23. The van der Waals surface area contributed by atoms with E-state index < -0.39 is 0 Å². The Morgan fingerprint density at radius 2 is 2.07 bits per heavy atom. The maximum absolute atomic E-state index is 12.4. The molecule has 2 heterocycles. The van der Waals surface area contributed by atoms with Crippen LogP contribution in [0.2, 0.25) is 0 Å². The number of carbonyl (C=O) groups excluding carboxylic acids is 1. The first kappa shape index (κ1) is 18.7. The molecule has 2 aromatic carbocycles. The van der Waals surface area contributed by atoms with Gasteiger partial charge in [-0.2, -0.15) is 5.26 Å². The van der Waals surface area contributed by atoms with Gasteiger partial charge in [-0.1, -0.05) is 47.4 Å². The zero-order valence-electron chi connectivity index (χ0n) is 14.2. The second-order valence-electron chi connectivity index (χ2n) is 5.69. The molecular formula is C19H11BrN4O2S2. The van der Waals surface area contributed by atoms with Crippen LogP contribution in [0.4, 0.5) is 5.13 Å². The van der Waals surface area contributed by atoms with Crippen molar-refractivity contribution in [2.24, 2.45) is 0 Å². The van der Waals surface area contributed by atoms with Crippen molar-refractivity contribution in [3.63, 3.8) is 0 Å². The molecule has 0 aliphatic carbocycles. The van der Waals surface area contributed by atoms with E-state index in [9.17, 15) is 4.79 Å². The number of benzene rings is 2. The lowest BCUT2D eigenvalue weighted by Crippen LogP contribution is -2.10. The fourth-order valence-electron chi connectivity index (χ4n) is 2.44. The fourth-order valence-corrected chi connectivity index (χ4v) is 4.60. The van der Waals surface area contributed by atoms with Crippen LogP contribution in [-0.4, -0.2) is 16.1 Å². The van der Waals surface area contributed by atoms with Crippen molar-refractivity contribution in [2.75, 3.05) is 5.32 Å². The highest BCUT2D eigenvalue weighted by Crippen LogP contribution is 2.30. The summed E-state index contributed by atoms with van der Waals surface area (Å²) < 4.78 is 7.17. The summed E-state index contributed by atoms with van der Waals surface area (Å²) in [6, 6.07) is 16.8.